The van der Waals surface area contributed by atoms with Gasteiger partial charge >= 0.3 is 6.03 Å². The van der Waals surface area contributed by atoms with Gasteiger partial charge in [-0.1, -0.05) is 29.8 Å². The van der Waals surface area contributed by atoms with Crippen LogP contribution in [0.1, 0.15) is 11.7 Å². The molecule has 0 aliphatic carbocycles. The van der Waals surface area contributed by atoms with Gasteiger partial charge in [0.25, 0.3) is 0 Å². The minimum Gasteiger partial charge on any atom is -0.497 e. The van der Waals surface area contributed by atoms with Gasteiger partial charge < -0.3 is 20.5 Å². The SMILES string of the molecule is COc1ccc(NC(=O)NCC(O)c2ccccc2Cl)cc1. The number of rotatable bonds is 5. The van der Waals surface area contributed by atoms with Crippen LogP contribution in [0.3, 0.4) is 0 Å². The van der Waals surface area contributed by atoms with Crippen LogP contribution < -0.4 is 15.4 Å². The first-order valence-corrected chi connectivity index (χ1v) is 7.09. The highest BCUT2D eigenvalue weighted by molar-refractivity contribution is 6.31. The summed E-state index contributed by atoms with van der Waals surface area (Å²) >= 11 is 5.99. The number of hydrogen-bond donors (Lipinski definition) is 3. The first-order chi connectivity index (χ1) is 10.6. The zero-order chi connectivity index (χ0) is 15.9. The number of anilines is 1. The van der Waals surface area contributed by atoms with Crippen LogP contribution in [0.4, 0.5) is 10.5 Å². The summed E-state index contributed by atoms with van der Waals surface area (Å²) in [5.41, 5.74) is 1.21. The second kappa shape index (κ2) is 7.68. The summed E-state index contributed by atoms with van der Waals surface area (Å²) in [5.74, 6) is 0.708. The van der Waals surface area contributed by atoms with Gasteiger partial charge in [-0.15, -0.1) is 0 Å². The molecular weight excluding hydrogens is 304 g/mol. The third-order valence-electron chi connectivity index (χ3n) is 3.07. The minimum atomic E-state index is -0.865. The molecule has 2 aromatic carbocycles. The summed E-state index contributed by atoms with van der Waals surface area (Å²) in [4.78, 5) is 11.8. The van der Waals surface area contributed by atoms with E-state index < -0.39 is 12.1 Å². The topological polar surface area (TPSA) is 70.6 Å². The second-order valence-corrected chi connectivity index (χ2v) is 5.01. The Hall–Kier alpha value is -2.24. The lowest BCUT2D eigenvalue weighted by Gasteiger charge is -2.14. The highest BCUT2D eigenvalue weighted by atomic mass is 35.5. The average Bonchev–Trinajstić information content (AvgIpc) is 2.54. The predicted octanol–water partition coefficient (Wildman–Crippen LogP) is 3.20. The summed E-state index contributed by atoms with van der Waals surface area (Å²) in [6, 6.07) is 13.5. The van der Waals surface area contributed by atoms with Gasteiger partial charge in [0.05, 0.1) is 13.2 Å². The number of amides is 2. The maximum absolute atomic E-state index is 11.8. The molecule has 0 spiro atoms. The average molecular weight is 321 g/mol. The Morgan fingerprint density at radius 1 is 1.23 bits per heavy atom. The van der Waals surface area contributed by atoms with E-state index >= 15 is 0 Å². The lowest BCUT2D eigenvalue weighted by molar-refractivity contribution is 0.175. The molecule has 0 aliphatic rings. The standard InChI is InChI=1S/C16H17ClN2O3/c1-22-12-8-6-11(7-9-12)19-16(21)18-10-15(20)13-4-2-3-5-14(13)17/h2-9,15,20H,10H2,1H3,(H2,18,19,21). The molecule has 2 aromatic rings. The Kier molecular flexibility index (Phi) is 5.63. The lowest BCUT2D eigenvalue weighted by Crippen LogP contribution is -2.32. The van der Waals surface area contributed by atoms with Gasteiger partial charge in [0.2, 0.25) is 0 Å². The van der Waals surface area contributed by atoms with Crippen molar-refractivity contribution in [3.05, 3.63) is 59.1 Å². The quantitative estimate of drug-likeness (QED) is 0.792. The van der Waals surface area contributed by atoms with Crippen LogP contribution in [-0.4, -0.2) is 24.8 Å². The number of urea groups is 1. The smallest absolute Gasteiger partial charge is 0.319 e. The summed E-state index contributed by atoms with van der Waals surface area (Å²) in [6.45, 7) is 0.0612. The number of aliphatic hydroxyl groups is 1. The molecule has 2 rings (SSSR count). The Balaban J connectivity index is 1.85. The Morgan fingerprint density at radius 2 is 1.91 bits per heavy atom. The van der Waals surface area contributed by atoms with Crippen molar-refractivity contribution in [1.29, 1.82) is 0 Å². The van der Waals surface area contributed by atoms with Crippen molar-refractivity contribution in [3.63, 3.8) is 0 Å². The van der Waals surface area contributed by atoms with E-state index in [0.717, 1.165) is 0 Å². The molecule has 0 radical (unpaired) electrons. The fourth-order valence-electron chi connectivity index (χ4n) is 1.89. The third kappa shape index (κ3) is 4.38. The number of aliphatic hydroxyl groups excluding tert-OH is 1. The fourth-order valence-corrected chi connectivity index (χ4v) is 2.16. The molecule has 0 fully saturated rings. The number of methoxy groups -OCH3 is 1. The molecule has 116 valence electrons. The first kappa shape index (κ1) is 16.1. The van der Waals surface area contributed by atoms with Crippen LogP contribution in [0, 0.1) is 0 Å². The van der Waals surface area contributed by atoms with E-state index in [0.29, 0.717) is 22.0 Å². The van der Waals surface area contributed by atoms with Crippen LogP contribution in [0.25, 0.3) is 0 Å². The molecule has 0 saturated carbocycles. The first-order valence-electron chi connectivity index (χ1n) is 6.71. The maximum atomic E-state index is 11.8. The van der Waals surface area contributed by atoms with E-state index in [-0.39, 0.29) is 6.54 Å². The van der Waals surface area contributed by atoms with Crippen molar-refractivity contribution < 1.29 is 14.6 Å². The third-order valence-corrected chi connectivity index (χ3v) is 3.41. The summed E-state index contributed by atoms with van der Waals surface area (Å²) < 4.78 is 5.04. The molecule has 0 bridgehead atoms. The summed E-state index contributed by atoms with van der Waals surface area (Å²) in [5, 5.41) is 15.8. The van der Waals surface area contributed by atoms with Crippen LogP contribution in [0.15, 0.2) is 48.5 Å². The van der Waals surface area contributed by atoms with Crippen LogP contribution in [0.2, 0.25) is 5.02 Å². The van der Waals surface area contributed by atoms with E-state index in [2.05, 4.69) is 10.6 Å². The molecule has 0 aliphatic heterocycles. The van der Waals surface area contributed by atoms with Gasteiger partial charge in [0, 0.05) is 22.8 Å². The molecule has 5 nitrogen and oxygen atoms in total. The van der Waals surface area contributed by atoms with E-state index in [4.69, 9.17) is 16.3 Å². The fraction of sp³-hybridized carbons (Fsp3) is 0.188. The van der Waals surface area contributed by atoms with Crippen molar-refractivity contribution in [2.24, 2.45) is 0 Å². The molecule has 3 N–H and O–H groups in total. The number of hydrogen-bond acceptors (Lipinski definition) is 3. The van der Waals surface area contributed by atoms with Crippen molar-refractivity contribution in [3.8, 4) is 5.75 Å². The van der Waals surface area contributed by atoms with Gasteiger partial charge in [-0.25, -0.2) is 4.79 Å². The van der Waals surface area contributed by atoms with Gasteiger partial charge in [-0.05, 0) is 30.3 Å². The lowest BCUT2D eigenvalue weighted by atomic mass is 10.1. The minimum absolute atomic E-state index is 0.0612. The van der Waals surface area contributed by atoms with Crippen LogP contribution in [-0.2, 0) is 0 Å². The second-order valence-electron chi connectivity index (χ2n) is 4.60. The normalized spacial score (nSPS) is 11.6. The van der Waals surface area contributed by atoms with Gasteiger partial charge in [0.15, 0.2) is 0 Å². The van der Waals surface area contributed by atoms with E-state index in [9.17, 15) is 9.90 Å². The largest absolute Gasteiger partial charge is 0.497 e. The monoisotopic (exact) mass is 320 g/mol. The molecule has 0 aromatic heterocycles. The zero-order valence-electron chi connectivity index (χ0n) is 12.0. The number of ether oxygens (including phenoxy) is 1. The number of carbonyl (C=O) groups is 1. The Morgan fingerprint density at radius 3 is 2.55 bits per heavy atom. The number of carbonyl (C=O) groups excluding carboxylic acids is 1. The summed E-state index contributed by atoms with van der Waals surface area (Å²) in [6.07, 6.45) is -0.865. The van der Waals surface area contributed by atoms with E-state index in [1.165, 1.54) is 0 Å². The van der Waals surface area contributed by atoms with Crippen molar-refractivity contribution in [2.75, 3.05) is 19.0 Å². The molecule has 22 heavy (non-hydrogen) atoms. The zero-order valence-corrected chi connectivity index (χ0v) is 12.8. The molecule has 1 atom stereocenters. The number of halogens is 1. The predicted molar refractivity (Wildman–Crippen MR) is 86.4 cm³/mol. The number of benzene rings is 2. The molecular formula is C16H17ClN2O3. The molecule has 0 saturated heterocycles. The molecule has 2 amide bonds. The maximum Gasteiger partial charge on any atom is 0.319 e. The van der Waals surface area contributed by atoms with Crippen molar-refractivity contribution >= 4 is 23.3 Å². The van der Waals surface area contributed by atoms with E-state index in [1.807, 2.05) is 0 Å². The Labute approximate surface area is 133 Å². The molecule has 6 heteroatoms. The van der Waals surface area contributed by atoms with Crippen molar-refractivity contribution in [2.45, 2.75) is 6.10 Å². The van der Waals surface area contributed by atoms with Crippen LogP contribution in [0.5, 0.6) is 5.75 Å². The summed E-state index contributed by atoms with van der Waals surface area (Å²) in [7, 11) is 1.57. The van der Waals surface area contributed by atoms with Gasteiger partial charge in [-0.3, -0.25) is 0 Å². The Bertz CT molecular complexity index is 632. The van der Waals surface area contributed by atoms with E-state index in [1.54, 1.807) is 55.6 Å². The molecule has 0 heterocycles. The molecule has 1 unspecified atom stereocenters. The highest BCUT2D eigenvalue weighted by Crippen LogP contribution is 2.21. The number of nitrogens with one attached hydrogen (secondary N) is 2. The van der Waals surface area contributed by atoms with Crippen LogP contribution >= 0.6 is 11.6 Å². The van der Waals surface area contributed by atoms with Crippen molar-refractivity contribution in [1.82, 2.24) is 5.32 Å². The highest BCUT2D eigenvalue weighted by Gasteiger charge is 2.12. The van der Waals surface area contributed by atoms with Gasteiger partial charge in [-0.2, -0.15) is 0 Å². The van der Waals surface area contributed by atoms with Gasteiger partial charge in [0.1, 0.15) is 5.75 Å².